The summed E-state index contributed by atoms with van der Waals surface area (Å²) >= 11 is 0. The van der Waals surface area contributed by atoms with Crippen molar-refractivity contribution in [1.82, 2.24) is 19.6 Å². The van der Waals surface area contributed by atoms with Gasteiger partial charge in [0.25, 0.3) is 0 Å². The fourth-order valence-electron chi connectivity index (χ4n) is 3.56. The number of benzene rings is 2. The van der Waals surface area contributed by atoms with Crippen molar-refractivity contribution in [2.75, 3.05) is 6.61 Å². The van der Waals surface area contributed by atoms with E-state index in [2.05, 4.69) is 18.9 Å². The highest BCUT2D eigenvalue weighted by Crippen LogP contribution is 2.30. The Balaban J connectivity index is 1.79. The first kappa shape index (κ1) is 22.5. The summed E-state index contributed by atoms with van der Waals surface area (Å²) in [5.41, 5.74) is 4.22. The maximum absolute atomic E-state index is 11.2. The zero-order valence-corrected chi connectivity index (χ0v) is 19.2. The van der Waals surface area contributed by atoms with Crippen LogP contribution in [0.3, 0.4) is 0 Å². The lowest BCUT2D eigenvalue weighted by Gasteiger charge is -2.12. The molecule has 8 heteroatoms. The van der Waals surface area contributed by atoms with Gasteiger partial charge in [-0.05, 0) is 37.1 Å². The molecule has 0 saturated carbocycles. The number of carboxylic acids is 1. The normalized spacial score (nSPS) is 12.4. The molecule has 8 nitrogen and oxygen atoms in total. The summed E-state index contributed by atoms with van der Waals surface area (Å²) in [5.74, 6) is 0.191. The van der Waals surface area contributed by atoms with E-state index < -0.39 is 12.1 Å². The van der Waals surface area contributed by atoms with Crippen molar-refractivity contribution < 1.29 is 19.4 Å². The number of fused-ring (bicyclic) bond motifs is 1. The van der Waals surface area contributed by atoms with Crippen molar-refractivity contribution in [3.8, 4) is 22.7 Å². The lowest BCUT2D eigenvalue weighted by Crippen LogP contribution is -2.19. The Morgan fingerprint density at radius 1 is 1.12 bits per heavy atom. The first-order valence-corrected chi connectivity index (χ1v) is 10.9. The largest absolute Gasteiger partial charge is 0.493 e. The van der Waals surface area contributed by atoms with E-state index in [1.54, 1.807) is 0 Å². The number of carboxylic acid groups (broad SMARTS) is 1. The van der Waals surface area contributed by atoms with Crippen LogP contribution in [-0.4, -0.2) is 43.3 Å². The standard InChI is InChI=1S/C25H28N4O4/c1-16(2)14-33-21-9-5-7-18(11-21)23-12-20(15-32-17(3)25(30)31)27-29(23)22-10-6-8-19-13-26-28(4)24(19)22/h5-13,16-17H,14-15H2,1-4H3,(H,30,31). The molecule has 0 bridgehead atoms. The number of ether oxygens (including phenoxy) is 2. The van der Waals surface area contributed by atoms with Crippen molar-refractivity contribution >= 4 is 16.9 Å². The Morgan fingerprint density at radius 3 is 2.67 bits per heavy atom. The zero-order valence-electron chi connectivity index (χ0n) is 19.2. The van der Waals surface area contributed by atoms with Crippen molar-refractivity contribution in [3.63, 3.8) is 0 Å². The Kier molecular flexibility index (Phi) is 6.46. The summed E-state index contributed by atoms with van der Waals surface area (Å²) in [7, 11) is 1.90. The highest BCUT2D eigenvalue weighted by Gasteiger charge is 2.18. The van der Waals surface area contributed by atoms with E-state index in [-0.39, 0.29) is 6.61 Å². The number of aromatic nitrogens is 4. The Morgan fingerprint density at radius 2 is 1.91 bits per heavy atom. The summed E-state index contributed by atoms with van der Waals surface area (Å²) in [6, 6.07) is 15.8. The lowest BCUT2D eigenvalue weighted by molar-refractivity contribution is -0.149. The van der Waals surface area contributed by atoms with E-state index in [1.807, 2.05) is 71.1 Å². The number of para-hydroxylation sites is 1. The van der Waals surface area contributed by atoms with Gasteiger partial charge in [-0.2, -0.15) is 10.2 Å². The van der Waals surface area contributed by atoms with E-state index in [9.17, 15) is 4.79 Å². The van der Waals surface area contributed by atoms with Crippen molar-refractivity contribution in [2.45, 2.75) is 33.5 Å². The van der Waals surface area contributed by atoms with Crippen LogP contribution in [-0.2, 0) is 23.2 Å². The van der Waals surface area contributed by atoms with Crippen molar-refractivity contribution in [3.05, 3.63) is 60.4 Å². The minimum atomic E-state index is -1.01. The smallest absolute Gasteiger partial charge is 0.332 e. The third-order valence-corrected chi connectivity index (χ3v) is 5.27. The van der Waals surface area contributed by atoms with Crippen molar-refractivity contribution in [2.24, 2.45) is 13.0 Å². The molecule has 0 fully saturated rings. The quantitative estimate of drug-likeness (QED) is 0.407. The van der Waals surface area contributed by atoms with Crippen LogP contribution in [0, 0.1) is 5.92 Å². The highest BCUT2D eigenvalue weighted by molar-refractivity contribution is 5.87. The maximum Gasteiger partial charge on any atom is 0.332 e. The number of aliphatic carboxylic acids is 1. The summed E-state index contributed by atoms with van der Waals surface area (Å²) in [5, 5.41) is 19.3. The fourth-order valence-corrected chi connectivity index (χ4v) is 3.56. The Hall–Kier alpha value is -3.65. The topological polar surface area (TPSA) is 91.4 Å². The van der Waals surface area contributed by atoms with Gasteiger partial charge in [-0.25, -0.2) is 9.48 Å². The fraction of sp³-hybridized carbons (Fsp3) is 0.320. The molecule has 0 saturated heterocycles. The Labute approximate surface area is 192 Å². The molecule has 0 aliphatic rings. The predicted octanol–water partition coefficient (Wildman–Crippen LogP) is 4.45. The second-order valence-electron chi connectivity index (χ2n) is 8.44. The number of rotatable bonds is 9. The predicted molar refractivity (Wildman–Crippen MR) is 125 cm³/mol. The monoisotopic (exact) mass is 448 g/mol. The van der Waals surface area contributed by atoms with Crippen LogP contribution in [0.2, 0.25) is 0 Å². The van der Waals surface area contributed by atoms with Crippen LogP contribution in [0.4, 0.5) is 0 Å². The van der Waals surface area contributed by atoms with Crippen molar-refractivity contribution in [1.29, 1.82) is 0 Å². The number of hydrogen-bond donors (Lipinski definition) is 1. The van der Waals surface area contributed by atoms with Gasteiger partial charge in [0.2, 0.25) is 0 Å². The molecule has 2 aromatic carbocycles. The van der Waals surface area contributed by atoms with E-state index in [0.29, 0.717) is 18.2 Å². The van der Waals surface area contributed by atoms with Gasteiger partial charge in [0, 0.05) is 18.0 Å². The zero-order chi connectivity index (χ0) is 23.5. The molecule has 0 amide bonds. The Bertz CT molecular complexity index is 1270. The minimum absolute atomic E-state index is 0.0817. The van der Waals surface area contributed by atoms with Gasteiger partial charge in [0.05, 0.1) is 42.0 Å². The van der Waals surface area contributed by atoms with Gasteiger partial charge in [-0.3, -0.25) is 4.68 Å². The molecule has 1 unspecified atom stereocenters. The molecule has 1 atom stereocenters. The van der Waals surface area contributed by atoms with Crippen LogP contribution < -0.4 is 4.74 Å². The summed E-state index contributed by atoms with van der Waals surface area (Å²) < 4.78 is 15.1. The van der Waals surface area contributed by atoms with Gasteiger partial charge in [-0.15, -0.1) is 0 Å². The van der Waals surface area contributed by atoms with Gasteiger partial charge < -0.3 is 14.6 Å². The molecule has 0 spiro atoms. The van der Waals surface area contributed by atoms with Crippen LogP contribution >= 0.6 is 0 Å². The molecular weight excluding hydrogens is 420 g/mol. The minimum Gasteiger partial charge on any atom is -0.493 e. The van der Waals surface area contributed by atoms with E-state index >= 15 is 0 Å². The second-order valence-corrected chi connectivity index (χ2v) is 8.44. The molecular formula is C25H28N4O4. The molecule has 2 aromatic heterocycles. The van der Waals surface area contributed by atoms with Crippen LogP contribution in [0.5, 0.6) is 5.75 Å². The molecule has 2 heterocycles. The average molecular weight is 449 g/mol. The first-order valence-electron chi connectivity index (χ1n) is 10.9. The van der Waals surface area contributed by atoms with E-state index in [4.69, 9.17) is 19.7 Å². The second kappa shape index (κ2) is 9.46. The average Bonchev–Trinajstić information content (AvgIpc) is 3.40. The highest BCUT2D eigenvalue weighted by atomic mass is 16.5. The number of nitrogens with zero attached hydrogens (tertiary/aromatic N) is 4. The molecule has 1 N–H and O–H groups in total. The first-order chi connectivity index (χ1) is 15.8. The van der Waals surface area contributed by atoms with E-state index in [1.165, 1.54) is 6.92 Å². The molecule has 4 rings (SSSR count). The number of aryl methyl sites for hydroxylation is 1. The lowest BCUT2D eigenvalue weighted by atomic mass is 10.1. The van der Waals surface area contributed by atoms with Gasteiger partial charge >= 0.3 is 5.97 Å². The molecule has 4 aromatic rings. The summed E-state index contributed by atoms with van der Waals surface area (Å²) in [6.45, 7) is 6.43. The number of hydrogen-bond acceptors (Lipinski definition) is 5. The SMILES string of the molecule is CC(C)COc1cccc(-c2cc(COC(C)C(=O)O)nn2-c2cccc3cnn(C)c23)c1. The molecule has 0 radical (unpaired) electrons. The van der Waals surface area contributed by atoms with Gasteiger partial charge in [0.15, 0.2) is 6.10 Å². The third-order valence-electron chi connectivity index (χ3n) is 5.27. The number of carbonyl (C=O) groups is 1. The third kappa shape index (κ3) is 4.90. The molecule has 33 heavy (non-hydrogen) atoms. The van der Waals surface area contributed by atoms with Crippen LogP contribution in [0.15, 0.2) is 54.7 Å². The molecule has 0 aliphatic heterocycles. The summed E-state index contributed by atoms with van der Waals surface area (Å²) in [4.78, 5) is 11.2. The van der Waals surface area contributed by atoms with Crippen LogP contribution in [0.1, 0.15) is 26.5 Å². The molecule has 172 valence electrons. The summed E-state index contributed by atoms with van der Waals surface area (Å²) in [6.07, 6.45) is 0.896. The van der Waals surface area contributed by atoms with Gasteiger partial charge in [0.1, 0.15) is 5.75 Å². The van der Waals surface area contributed by atoms with E-state index in [0.717, 1.165) is 33.6 Å². The molecule has 0 aliphatic carbocycles. The van der Waals surface area contributed by atoms with Gasteiger partial charge in [-0.1, -0.05) is 38.1 Å². The maximum atomic E-state index is 11.2. The van der Waals surface area contributed by atoms with Crippen LogP contribution in [0.25, 0.3) is 27.8 Å².